The zero-order valence-corrected chi connectivity index (χ0v) is 6.63. The minimum absolute atomic E-state index is 0.842. The van der Waals surface area contributed by atoms with Crippen LogP contribution >= 0.6 is 0 Å². The predicted molar refractivity (Wildman–Crippen MR) is 43.3 cm³/mol. The summed E-state index contributed by atoms with van der Waals surface area (Å²) in [6.07, 6.45) is 6.36. The molecule has 1 aliphatic carbocycles. The lowest BCUT2D eigenvalue weighted by Gasteiger charge is -2.10. The van der Waals surface area contributed by atoms with Gasteiger partial charge in [-0.05, 0) is 31.8 Å². The first-order valence-corrected chi connectivity index (χ1v) is 3.79. The highest BCUT2D eigenvalue weighted by atomic mass is 16.4. The summed E-state index contributed by atoms with van der Waals surface area (Å²) in [5.41, 5.74) is 2.23. The number of aliphatic carboxylic acids is 1. The molecule has 1 rings (SSSR count). The molecule has 0 aliphatic heterocycles. The molecule has 0 aromatic heterocycles. The van der Waals surface area contributed by atoms with E-state index in [0.29, 0.717) is 0 Å². The van der Waals surface area contributed by atoms with Crippen molar-refractivity contribution in [3.63, 3.8) is 0 Å². The number of hydrogen-bond acceptors (Lipinski definition) is 1. The van der Waals surface area contributed by atoms with E-state index in [1.807, 2.05) is 13.0 Å². The molecule has 0 aromatic carbocycles. The number of hydrogen-bond donors (Lipinski definition) is 1. The van der Waals surface area contributed by atoms with Gasteiger partial charge in [0.15, 0.2) is 0 Å². The Morgan fingerprint density at radius 2 is 2.36 bits per heavy atom. The Morgan fingerprint density at radius 1 is 1.64 bits per heavy atom. The Morgan fingerprint density at radius 3 is 2.91 bits per heavy atom. The summed E-state index contributed by atoms with van der Waals surface area (Å²) in [4.78, 5) is 10.3. The fourth-order valence-electron chi connectivity index (χ4n) is 1.30. The Kier molecular flexibility index (Phi) is 2.47. The molecular formula is C9H12O2. The molecule has 2 heteroatoms. The van der Waals surface area contributed by atoms with Crippen LogP contribution in [0, 0.1) is 0 Å². The summed E-state index contributed by atoms with van der Waals surface area (Å²) in [5.74, 6) is -0.842. The van der Waals surface area contributed by atoms with E-state index in [-0.39, 0.29) is 0 Å². The molecule has 0 heterocycles. The number of carbonyl (C=O) groups is 1. The van der Waals surface area contributed by atoms with Crippen LogP contribution in [0.3, 0.4) is 0 Å². The zero-order valence-electron chi connectivity index (χ0n) is 6.63. The standard InChI is InChI=1S/C9H12O2/c1-7-3-2-4-8(5-7)6-9(10)11/h5-6H,2-4H2,1H3,(H,10,11)/b8-6-. The second-order valence-electron chi connectivity index (χ2n) is 2.90. The maximum atomic E-state index is 10.3. The average Bonchev–Trinajstić information content (AvgIpc) is 1.85. The second-order valence-corrected chi connectivity index (χ2v) is 2.90. The molecule has 0 bridgehead atoms. The van der Waals surface area contributed by atoms with E-state index in [1.165, 1.54) is 11.6 Å². The van der Waals surface area contributed by atoms with Crippen LogP contribution in [-0.2, 0) is 4.79 Å². The Hall–Kier alpha value is -1.05. The summed E-state index contributed by atoms with van der Waals surface area (Å²) in [6.45, 7) is 2.04. The van der Waals surface area contributed by atoms with Crippen molar-refractivity contribution in [3.05, 3.63) is 23.3 Å². The second kappa shape index (κ2) is 3.37. The Labute approximate surface area is 66.2 Å². The molecule has 0 amide bonds. The highest BCUT2D eigenvalue weighted by Gasteiger charge is 2.04. The van der Waals surface area contributed by atoms with Crippen molar-refractivity contribution in [3.8, 4) is 0 Å². The minimum atomic E-state index is -0.842. The lowest BCUT2D eigenvalue weighted by molar-refractivity contribution is -0.131. The number of rotatable bonds is 1. The summed E-state index contributed by atoms with van der Waals surface area (Å²) in [7, 11) is 0. The third-order valence-corrected chi connectivity index (χ3v) is 1.78. The zero-order chi connectivity index (χ0) is 8.27. The van der Waals surface area contributed by atoms with Gasteiger partial charge < -0.3 is 5.11 Å². The Balaban J connectivity index is 2.73. The predicted octanol–water partition coefficient (Wildman–Crippen LogP) is 2.13. The molecular weight excluding hydrogens is 140 g/mol. The normalized spacial score (nSPS) is 21.5. The highest BCUT2D eigenvalue weighted by molar-refractivity contribution is 5.81. The fourth-order valence-corrected chi connectivity index (χ4v) is 1.30. The first-order chi connectivity index (χ1) is 5.18. The molecule has 1 aliphatic rings. The van der Waals surface area contributed by atoms with E-state index in [9.17, 15) is 4.79 Å². The molecule has 0 atom stereocenters. The highest BCUT2D eigenvalue weighted by Crippen LogP contribution is 2.21. The van der Waals surface area contributed by atoms with Gasteiger partial charge in [0.25, 0.3) is 0 Å². The Bertz CT molecular complexity index is 224. The summed E-state index contributed by atoms with van der Waals surface area (Å²) < 4.78 is 0. The molecule has 0 spiro atoms. The lowest BCUT2D eigenvalue weighted by atomic mass is 9.96. The molecule has 11 heavy (non-hydrogen) atoms. The van der Waals surface area contributed by atoms with E-state index in [1.54, 1.807) is 0 Å². The lowest BCUT2D eigenvalue weighted by Crippen LogP contribution is -1.96. The average molecular weight is 152 g/mol. The molecule has 0 saturated heterocycles. The van der Waals surface area contributed by atoms with Crippen molar-refractivity contribution in [1.29, 1.82) is 0 Å². The molecule has 0 fully saturated rings. The van der Waals surface area contributed by atoms with E-state index in [2.05, 4.69) is 0 Å². The first-order valence-electron chi connectivity index (χ1n) is 3.79. The van der Waals surface area contributed by atoms with E-state index < -0.39 is 5.97 Å². The molecule has 0 saturated carbocycles. The van der Waals surface area contributed by atoms with E-state index in [4.69, 9.17) is 5.11 Å². The summed E-state index contributed by atoms with van der Waals surface area (Å²) in [5, 5.41) is 8.45. The van der Waals surface area contributed by atoms with Crippen molar-refractivity contribution in [2.24, 2.45) is 0 Å². The SMILES string of the molecule is CC1=C/C(=C\C(=O)O)CCC1. The smallest absolute Gasteiger partial charge is 0.328 e. The quantitative estimate of drug-likeness (QED) is 0.584. The third-order valence-electron chi connectivity index (χ3n) is 1.78. The van der Waals surface area contributed by atoms with Gasteiger partial charge in [-0.1, -0.05) is 11.6 Å². The number of carboxylic acids is 1. The van der Waals surface area contributed by atoms with Crippen LogP contribution in [0.4, 0.5) is 0 Å². The van der Waals surface area contributed by atoms with Gasteiger partial charge in [0.05, 0.1) is 0 Å². The van der Waals surface area contributed by atoms with Gasteiger partial charge in [-0.3, -0.25) is 0 Å². The number of allylic oxidation sites excluding steroid dienone is 3. The van der Waals surface area contributed by atoms with Gasteiger partial charge in [-0.25, -0.2) is 4.79 Å². The molecule has 0 aromatic rings. The fraction of sp³-hybridized carbons (Fsp3) is 0.444. The molecule has 60 valence electrons. The molecule has 2 nitrogen and oxygen atoms in total. The molecule has 0 radical (unpaired) electrons. The van der Waals surface area contributed by atoms with Crippen LogP contribution in [0.1, 0.15) is 26.2 Å². The summed E-state index contributed by atoms with van der Waals surface area (Å²) in [6, 6.07) is 0. The van der Waals surface area contributed by atoms with Crippen molar-refractivity contribution in [1.82, 2.24) is 0 Å². The molecule has 0 unspecified atom stereocenters. The van der Waals surface area contributed by atoms with Gasteiger partial charge in [0.2, 0.25) is 0 Å². The van der Waals surface area contributed by atoms with E-state index in [0.717, 1.165) is 24.8 Å². The van der Waals surface area contributed by atoms with Crippen LogP contribution in [0.15, 0.2) is 23.3 Å². The van der Waals surface area contributed by atoms with Crippen LogP contribution in [-0.4, -0.2) is 11.1 Å². The van der Waals surface area contributed by atoms with Crippen LogP contribution < -0.4 is 0 Å². The topological polar surface area (TPSA) is 37.3 Å². The maximum Gasteiger partial charge on any atom is 0.328 e. The van der Waals surface area contributed by atoms with Gasteiger partial charge >= 0.3 is 5.97 Å². The van der Waals surface area contributed by atoms with Gasteiger partial charge in [0.1, 0.15) is 0 Å². The number of carboxylic acid groups (broad SMARTS) is 1. The van der Waals surface area contributed by atoms with Crippen molar-refractivity contribution in [2.45, 2.75) is 26.2 Å². The third kappa shape index (κ3) is 2.58. The maximum absolute atomic E-state index is 10.3. The van der Waals surface area contributed by atoms with E-state index >= 15 is 0 Å². The van der Waals surface area contributed by atoms with Crippen LogP contribution in [0.5, 0.6) is 0 Å². The largest absolute Gasteiger partial charge is 0.478 e. The van der Waals surface area contributed by atoms with Gasteiger partial charge in [0, 0.05) is 6.08 Å². The van der Waals surface area contributed by atoms with Crippen LogP contribution in [0.25, 0.3) is 0 Å². The minimum Gasteiger partial charge on any atom is -0.478 e. The first kappa shape index (κ1) is 8.05. The summed E-state index contributed by atoms with van der Waals surface area (Å²) >= 11 is 0. The van der Waals surface area contributed by atoms with Gasteiger partial charge in [-0.2, -0.15) is 0 Å². The van der Waals surface area contributed by atoms with Gasteiger partial charge in [-0.15, -0.1) is 0 Å². The van der Waals surface area contributed by atoms with Crippen molar-refractivity contribution < 1.29 is 9.90 Å². The monoisotopic (exact) mass is 152 g/mol. The van der Waals surface area contributed by atoms with Crippen molar-refractivity contribution >= 4 is 5.97 Å². The van der Waals surface area contributed by atoms with Crippen molar-refractivity contribution in [2.75, 3.05) is 0 Å². The molecule has 1 N–H and O–H groups in total. The van der Waals surface area contributed by atoms with Crippen LogP contribution in [0.2, 0.25) is 0 Å².